The number of methoxy groups -OCH3 is 1. The molecule has 6 heteroatoms. The van der Waals surface area contributed by atoms with E-state index in [-0.39, 0.29) is 0 Å². The fourth-order valence-electron chi connectivity index (χ4n) is 3.45. The number of aryl methyl sites for hydroxylation is 2. The number of nitrogens with one attached hydrogen (secondary N) is 1. The number of rotatable bonds is 8. The summed E-state index contributed by atoms with van der Waals surface area (Å²) >= 11 is 0. The Morgan fingerprint density at radius 3 is 2.65 bits per heavy atom. The molecule has 1 fully saturated rings. The summed E-state index contributed by atoms with van der Waals surface area (Å²) in [4.78, 5) is 0. The number of aromatic nitrogens is 1. The maximum Gasteiger partial charge on any atom is 0.161 e. The molecular weight excluding hydrogens is 332 g/mol. The van der Waals surface area contributed by atoms with E-state index in [2.05, 4.69) is 10.5 Å². The van der Waals surface area contributed by atoms with Gasteiger partial charge in [-0.3, -0.25) is 0 Å². The number of hydrogen-bond donors (Lipinski definition) is 2. The Bertz CT molecular complexity index is 716. The third-order valence-electron chi connectivity index (χ3n) is 5.10. The monoisotopic (exact) mass is 360 g/mol. The largest absolute Gasteiger partial charge is 0.493 e. The average molecular weight is 360 g/mol. The van der Waals surface area contributed by atoms with Crippen molar-refractivity contribution in [2.75, 3.05) is 13.7 Å². The normalized spacial score (nSPS) is 16.0. The van der Waals surface area contributed by atoms with Crippen LogP contribution in [0.15, 0.2) is 22.7 Å². The molecule has 1 aromatic heterocycles. The van der Waals surface area contributed by atoms with Crippen LogP contribution in [0.25, 0.3) is 0 Å². The van der Waals surface area contributed by atoms with Crippen molar-refractivity contribution in [2.45, 2.75) is 58.3 Å². The van der Waals surface area contributed by atoms with E-state index in [0.717, 1.165) is 48.3 Å². The van der Waals surface area contributed by atoms with Crippen LogP contribution in [0.4, 0.5) is 0 Å². The third-order valence-corrected chi connectivity index (χ3v) is 5.10. The summed E-state index contributed by atoms with van der Waals surface area (Å²) in [6.07, 6.45) is 4.00. The molecule has 2 N–H and O–H groups in total. The second-order valence-corrected chi connectivity index (χ2v) is 7.11. The smallest absolute Gasteiger partial charge is 0.161 e. The van der Waals surface area contributed by atoms with Crippen LogP contribution < -0.4 is 14.8 Å². The first kappa shape index (κ1) is 18.7. The molecule has 1 aliphatic carbocycles. The maximum absolute atomic E-state index is 10.4. The van der Waals surface area contributed by atoms with Gasteiger partial charge in [0.15, 0.2) is 11.5 Å². The number of nitrogens with zero attached hydrogens (tertiary/aromatic N) is 1. The van der Waals surface area contributed by atoms with Crippen LogP contribution in [-0.2, 0) is 13.2 Å². The van der Waals surface area contributed by atoms with Crippen LogP contribution in [0.3, 0.4) is 0 Å². The molecular formula is C20H28N2O4. The Hall–Kier alpha value is -2.05. The lowest BCUT2D eigenvalue weighted by molar-refractivity contribution is 0.0475. The highest BCUT2D eigenvalue weighted by atomic mass is 16.5. The number of aliphatic hydroxyl groups is 1. The van der Waals surface area contributed by atoms with Gasteiger partial charge in [0.25, 0.3) is 0 Å². The van der Waals surface area contributed by atoms with Crippen molar-refractivity contribution in [1.82, 2.24) is 10.5 Å². The predicted octanol–water partition coefficient (Wildman–Crippen LogP) is 3.27. The lowest BCUT2D eigenvalue weighted by Gasteiger charge is -2.22. The second kappa shape index (κ2) is 8.10. The SMILES string of the molecule is COc1cc(CNCC2(O)CCCC2)ccc1OCc1c(C)noc1C. The summed E-state index contributed by atoms with van der Waals surface area (Å²) in [7, 11) is 1.64. The van der Waals surface area contributed by atoms with Crippen molar-refractivity contribution in [2.24, 2.45) is 0 Å². The van der Waals surface area contributed by atoms with Gasteiger partial charge in [-0.05, 0) is 44.4 Å². The minimum Gasteiger partial charge on any atom is -0.493 e. The summed E-state index contributed by atoms with van der Waals surface area (Å²) in [6, 6.07) is 5.89. The van der Waals surface area contributed by atoms with Gasteiger partial charge in [0, 0.05) is 13.1 Å². The quantitative estimate of drug-likeness (QED) is 0.752. The molecule has 0 amide bonds. The van der Waals surface area contributed by atoms with Gasteiger partial charge in [-0.2, -0.15) is 0 Å². The van der Waals surface area contributed by atoms with E-state index >= 15 is 0 Å². The molecule has 1 aromatic carbocycles. The minimum atomic E-state index is -0.540. The van der Waals surface area contributed by atoms with Crippen LogP contribution in [0.5, 0.6) is 11.5 Å². The van der Waals surface area contributed by atoms with Gasteiger partial charge in [0.05, 0.1) is 24.0 Å². The Kier molecular flexibility index (Phi) is 5.84. The molecule has 0 spiro atoms. The van der Waals surface area contributed by atoms with Crippen molar-refractivity contribution in [1.29, 1.82) is 0 Å². The van der Waals surface area contributed by atoms with Crippen LogP contribution in [-0.4, -0.2) is 29.5 Å². The number of hydrogen-bond acceptors (Lipinski definition) is 6. The predicted molar refractivity (Wildman–Crippen MR) is 98.4 cm³/mol. The number of ether oxygens (including phenoxy) is 2. The molecule has 0 aliphatic heterocycles. The van der Waals surface area contributed by atoms with Gasteiger partial charge in [0.1, 0.15) is 12.4 Å². The average Bonchev–Trinajstić information content (AvgIpc) is 3.20. The first-order valence-electron chi connectivity index (χ1n) is 9.15. The summed E-state index contributed by atoms with van der Waals surface area (Å²) in [5.41, 5.74) is 2.35. The minimum absolute atomic E-state index is 0.391. The Balaban J connectivity index is 1.58. The summed E-state index contributed by atoms with van der Waals surface area (Å²) in [5, 5.41) is 17.7. The molecule has 1 saturated carbocycles. The van der Waals surface area contributed by atoms with Gasteiger partial charge < -0.3 is 24.4 Å². The summed E-state index contributed by atoms with van der Waals surface area (Å²) < 4.78 is 16.5. The third kappa shape index (κ3) is 4.37. The van der Waals surface area contributed by atoms with E-state index in [1.165, 1.54) is 0 Å². The van der Waals surface area contributed by atoms with Gasteiger partial charge >= 0.3 is 0 Å². The Labute approximate surface area is 154 Å². The fraction of sp³-hybridized carbons (Fsp3) is 0.550. The molecule has 0 unspecified atom stereocenters. The lowest BCUT2D eigenvalue weighted by atomic mass is 10.0. The molecule has 1 aliphatic rings. The van der Waals surface area contributed by atoms with Gasteiger partial charge in [-0.25, -0.2) is 0 Å². The van der Waals surface area contributed by atoms with E-state index in [0.29, 0.717) is 31.2 Å². The van der Waals surface area contributed by atoms with Crippen molar-refractivity contribution in [3.8, 4) is 11.5 Å². The van der Waals surface area contributed by atoms with Crippen LogP contribution in [0.2, 0.25) is 0 Å². The second-order valence-electron chi connectivity index (χ2n) is 7.11. The van der Waals surface area contributed by atoms with E-state index in [1.807, 2.05) is 32.0 Å². The van der Waals surface area contributed by atoms with E-state index in [4.69, 9.17) is 14.0 Å². The van der Waals surface area contributed by atoms with Gasteiger partial charge in [-0.15, -0.1) is 0 Å². The van der Waals surface area contributed by atoms with Crippen molar-refractivity contribution in [3.63, 3.8) is 0 Å². The molecule has 26 heavy (non-hydrogen) atoms. The van der Waals surface area contributed by atoms with E-state index < -0.39 is 5.60 Å². The highest BCUT2D eigenvalue weighted by molar-refractivity contribution is 5.43. The molecule has 3 rings (SSSR count). The molecule has 1 heterocycles. The highest BCUT2D eigenvalue weighted by Gasteiger charge is 2.30. The first-order valence-corrected chi connectivity index (χ1v) is 9.15. The molecule has 0 bridgehead atoms. The Morgan fingerprint density at radius 2 is 2.00 bits per heavy atom. The molecule has 0 atom stereocenters. The van der Waals surface area contributed by atoms with Gasteiger partial charge in [-0.1, -0.05) is 24.1 Å². The summed E-state index contributed by atoms with van der Waals surface area (Å²) in [5.74, 6) is 2.15. The molecule has 0 radical (unpaired) electrons. The maximum atomic E-state index is 10.4. The topological polar surface area (TPSA) is 76.8 Å². The zero-order chi connectivity index (χ0) is 18.6. The lowest BCUT2D eigenvalue weighted by Crippen LogP contribution is -2.37. The molecule has 0 saturated heterocycles. The molecule has 6 nitrogen and oxygen atoms in total. The zero-order valence-corrected chi connectivity index (χ0v) is 15.8. The van der Waals surface area contributed by atoms with Crippen LogP contribution in [0.1, 0.15) is 48.3 Å². The number of benzene rings is 1. The van der Waals surface area contributed by atoms with Gasteiger partial charge in [0.2, 0.25) is 0 Å². The van der Waals surface area contributed by atoms with E-state index in [9.17, 15) is 5.11 Å². The fourth-order valence-corrected chi connectivity index (χ4v) is 3.45. The standard InChI is InChI=1S/C20H28N2O4/c1-14-17(15(2)26-22-14)12-25-18-7-6-16(10-19(18)24-3)11-21-13-20(23)8-4-5-9-20/h6-7,10,21,23H,4-5,8-9,11-13H2,1-3H3. The van der Waals surface area contributed by atoms with Crippen molar-refractivity contribution >= 4 is 0 Å². The van der Waals surface area contributed by atoms with E-state index in [1.54, 1.807) is 7.11 Å². The van der Waals surface area contributed by atoms with Crippen molar-refractivity contribution < 1.29 is 19.1 Å². The molecule has 2 aromatic rings. The Morgan fingerprint density at radius 1 is 1.23 bits per heavy atom. The van der Waals surface area contributed by atoms with Crippen molar-refractivity contribution in [3.05, 3.63) is 40.8 Å². The van der Waals surface area contributed by atoms with Crippen LogP contribution >= 0.6 is 0 Å². The van der Waals surface area contributed by atoms with Crippen LogP contribution in [0, 0.1) is 13.8 Å². The molecule has 142 valence electrons. The summed E-state index contributed by atoms with van der Waals surface area (Å²) in [6.45, 7) is 5.48. The zero-order valence-electron chi connectivity index (χ0n) is 15.8. The highest BCUT2D eigenvalue weighted by Crippen LogP contribution is 2.30. The first-order chi connectivity index (χ1) is 12.5.